The first-order valence-electron chi connectivity index (χ1n) is 12.2. The Bertz CT molecular complexity index is 958. The second-order valence-corrected chi connectivity index (χ2v) is 9.86. The number of ether oxygens (including phenoxy) is 1. The molecule has 2 aromatic rings. The van der Waals surface area contributed by atoms with Crippen molar-refractivity contribution in [2.24, 2.45) is 0 Å². The highest BCUT2D eigenvalue weighted by Gasteiger charge is 2.40. The molecule has 0 aromatic heterocycles. The fraction of sp³-hybridized carbons (Fsp3) is 0.556. The molecule has 1 aliphatic heterocycles. The Balaban J connectivity index is 0.00000228. The summed E-state index contributed by atoms with van der Waals surface area (Å²) in [7, 11) is 3.70. The topological polar surface area (TPSA) is 35.9 Å². The highest BCUT2D eigenvalue weighted by atomic mass is 35.5. The molecule has 1 saturated heterocycles. The molecule has 4 nitrogen and oxygen atoms in total. The SMILES string of the molecule is COc1ccc(C(CN2CCN(C)CC2)C2(O)CCCCC2)cc1-c1ccc(C(F)(F)F)cc1.Cl.Cl. The number of halogens is 5. The highest BCUT2D eigenvalue weighted by molar-refractivity contribution is 5.85. The Morgan fingerprint density at radius 3 is 2.11 bits per heavy atom. The normalized spacial score (nSPS) is 19.6. The van der Waals surface area contributed by atoms with Gasteiger partial charge in [-0.1, -0.05) is 37.5 Å². The van der Waals surface area contributed by atoms with Gasteiger partial charge < -0.3 is 19.6 Å². The molecule has 2 aliphatic rings. The maximum Gasteiger partial charge on any atom is 0.416 e. The Labute approximate surface area is 224 Å². The molecule has 4 rings (SSSR count). The fourth-order valence-corrected chi connectivity index (χ4v) is 5.39. The van der Waals surface area contributed by atoms with Crippen LogP contribution >= 0.6 is 24.8 Å². The molecule has 1 atom stereocenters. The van der Waals surface area contributed by atoms with Crippen molar-refractivity contribution in [3.8, 4) is 16.9 Å². The Hall–Kier alpha value is -1.51. The number of rotatable bonds is 6. The van der Waals surface area contributed by atoms with Gasteiger partial charge in [-0.15, -0.1) is 24.8 Å². The number of alkyl halides is 3. The molecular weight excluding hydrogens is 512 g/mol. The molecule has 0 radical (unpaired) electrons. The van der Waals surface area contributed by atoms with Crippen LogP contribution in [0.5, 0.6) is 5.75 Å². The van der Waals surface area contributed by atoms with Crippen LogP contribution in [0, 0.1) is 0 Å². The average Bonchev–Trinajstić information content (AvgIpc) is 2.83. The van der Waals surface area contributed by atoms with Crippen LogP contribution in [-0.2, 0) is 6.18 Å². The van der Waals surface area contributed by atoms with Gasteiger partial charge in [0.1, 0.15) is 5.75 Å². The number of likely N-dealkylation sites (N-methyl/N-ethyl adjacent to an activating group) is 1. The van der Waals surface area contributed by atoms with E-state index in [0.717, 1.165) is 88.1 Å². The van der Waals surface area contributed by atoms with Gasteiger partial charge in [-0.05, 0) is 55.3 Å². The van der Waals surface area contributed by atoms with Crippen LogP contribution < -0.4 is 4.74 Å². The van der Waals surface area contributed by atoms with Crippen LogP contribution in [0.1, 0.15) is 49.1 Å². The third-order valence-electron chi connectivity index (χ3n) is 7.55. The zero-order valence-corrected chi connectivity index (χ0v) is 22.5. The smallest absolute Gasteiger partial charge is 0.416 e. The van der Waals surface area contributed by atoms with Gasteiger partial charge in [-0.2, -0.15) is 13.2 Å². The number of methoxy groups -OCH3 is 1. The minimum absolute atomic E-state index is 0. The van der Waals surface area contributed by atoms with Crippen LogP contribution in [0.25, 0.3) is 11.1 Å². The third-order valence-corrected chi connectivity index (χ3v) is 7.55. The number of piperazine rings is 1. The lowest BCUT2D eigenvalue weighted by atomic mass is 9.72. The monoisotopic (exact) mass is 548 g/mol. The molecule has 0 amide bonds. The summed E-state index contributed by atoms with van der Waals surface area (Å²) in [6.07, 6.45) is 0.334. The van der Waals surface area contributed by atoms with Crippen molar-refractivity contribution in [1.82, 2.24) is 9.80 Å². The van der Waals surface area contributed by atoms with E-state index in [1.165, 1.54) is 12.1 Å². The second kappa shape index (κ2) is 12.8. The molecule has 0 spiro atoms. The van der Waals surface area contributed by atoms with Gasteiger partial charge in [-0.3, -0.25) is 0 Å². The predicted octanol–water partition coefficient (Wildman–Crippen LogP) is 6.25. The molecular formula is C27H37Cl2F3N2O2. The van der Waals surface area contributed by atoms with Gasteiger partial charge >= 0.3 is 6.18 Å². The third kappa shape index (κ3) is 7.07. The molecule has 202 valence electrons. The summed E-state index contributed by atoms with van der Waals surface area (Å²) in [4.78, 5) is 4.75. The van der Waals surface area contributed by atoms with Crippen molar-refractivity contribution >= 4 is 24.8 Å². The molecule has 36 heavy (non-hydrogen) atoms. The molecule has 1 unspecified atom stereocenters. The van der Waals surface area contributed by atoms with E-state index in [9.17, 15) is 18.3 Å². The maximum atomic E-state index is 13.1. The molecule has 0 bridgehead atoms. The quantitative estimate of drug-likeness (QED) is 0.462. The number of benzene rings is 2. The summed E-state index contributed by atoms with van der Waals surface area (Å²) in [5.41, 5.74) is 0.972. The van der Waals surface area contributed by atoms with E-state index in [1.807, 2.05) is 18.2 Å². The minimum atomic E-state index is -4.37. The number of hydrogen-bond donors (Lipinski definition) is 1. The van der Waals surface area contributed by atoms with Gasteiger partial charge in [0.2, 0.25) is 0 Å². The molecule has 1 aliphatic carbocycles. The first-order chi connectivity index (χ1) is 16.2. The van der Waals surface area contributed by atoms with Crippen LogP contribution in [0.4, 0.5) is 13.2 Å². The largest absolute Gasteiger partial charge is 0.496 e. The van der Waals surface area contributed by atoms with Crippen molar-refractivity contribution < 1.29 is 23.0 Å². The summed E-state index contributed by atoms with van der Waals surface area (Å²) in [6.45, 7) is 4.70. The summed E-state index contributed by atoms with van der Waals surface area (Å²) in [5.74, 6) is 0.535. The van der Waals surface area contributed by atoms with E-state index < -0.39 is 17.3 Å². The zero-order chi connectivity index (χ0) is 24.3. The van der Waals surface area contributed by atoms with Crippen molar-refractivity contribution in [1.29, 1.82) is 0 Å². The van der Waals surface area contributed by atoms with Crippen molar-refractivity contribution in [3.63, 3.8) is 0 Å². The summed E-state index contributed by atoms with van der Waals surface area (Å²) in [6, 6.07) is 11.1. The predicted molar refractivity (Wildman–Crippen MR) is 143 cm³/mol. The molecule has 1 saturated carbocycles. The van der Waals surface area contributed by atoms with E-state index >= 15 is 0 Å². The van der Waals surface area contributed by atoms with Gasteiger partial charge in [0.15, 0.2) is 0 Å². The van der Waals surface area contributed by atoms with E-state index in [0.29, 0.717) is 11.3 Å². The summed E-state index contributed by atoms with van der Waals surface area (Å²) >= 11 is 0. The molecule has 2 aromatic carbocycles. The fourth-order valence-electron chi connectivity index (χ4n) is 5.39. The summed E-state index contributed by atoms with van der Waals surface area (Å²) < 4.78 is 44.8. The van der Waals surface area contributed by atoms with Crippen LogP contribution in [0.3, 0.4) is 0 Å². The Kier molecular flexibility index (Phi) is 10.9. The van der Waals surface area contributed by atoms with Crippen LogP contribution in [0.15, 0.2) is 42.5 Å². The van der Waals surface area contributed by atoms with Crippen LogP contribution in [0.2, 0.25) is 0 Å². The average molecular weight is 550 g/mol. The van der Waals surface area contributed by atoms with Crippen molar-refractivity contribution in [3.05, 3.63) is 53.6 Å². The van der Waals surface area contributed by atoms with Gasteiger partial charge in [-0.25, -0.2) is 0 Å². The first kappa shape index (κ1) is 30.7. The number of hydrogen-bond acceptors (Lipinski definition) is 4. The lowest BCUT2D eigenvalue weighted by molar-refractivity contribution is -0.137. The number of aliphatic hydroxyl groups is 1. The van der Waals surface area contributed by atoms with Crippen molar-refractivity contribution in [2.45, 2.75) is 49.8 Å². The maximum absolute atomic E-state index is 13.1. The lowest BCUT2D eigenvalue weighted by Crippen LogP contribution is -2.50. The lowest BCUT2D eigenvalue weighted by Gasteiger charge is -2.43. The molecule has 1 N–H and O–H groups in total. The highest BCUT2D eigenvalue weighted by Crippen LogP contribution is 2.43. The van der Waals surface area contributed by atoms with E-state index in [1.54, 1.807) is 7.11 Å². The van der Waals surface area contributed by atoms with Crippen molar-refractivity contribution in [2.75, 3.05) is 46.9 Å². The Morgan fingerprint density at radius 1 is 0.944 bits per heavy atom. The van der Waals surface area contributed by atoms with Gasteiger partial charge in [0.25, 0.3) is 0 Å². The Morgan fingerprint density at radius 2 is 1.56 bits per heavy atom. The van der Waals surface area contributed by atoms with E-state index in [4.69, 9.17) is 4.74 Å². The van der Waals surface area contributed by atoms with Gasteiger partial charge in [0.05, 0.1) is 18.3 Å². The zero-order valence-electron chi connectivity index (χ0n) is 20.9. The first-order valence-corrected chi connectivity index (χ1v) is 12.2. The van der Waals surface area contributed by atoms with Crippen LogP contribution in [-0.4, -0.2) is 67.4 Å². The molecule has 2 fully saturated rings. The molecule has 9 heteroatoms. The van der Waals surface area contributed by atoms with E-state index in [-0.39, 0.29) is 30.7 Å². The molecule has 1 heterocycles. The standard InChI is InChI=1S/C27H35F3N2O2.2ClH/c1-31-14-16-32(17-15-31)19-24(26(33)12-4-3-5-13-26)21-8-11-25(34-2)23(18-21)20-6-9-22(10-7-20)27(28,29)30;;/h6-11,18,24,33H,3-5,12-17,19H2,1-2H3;2*1H. The number of nitrogens with zero attached hydrogens (tertiary/aromatic N) is 2. The second-order valence-electron chi connectivity index (χ2n) is 9.86. The van der Waals surface area contributed by atoms with E-state index in [2.05, 4.69) is 16.8 Å². The van der Waals surface area contributed by atoms with Gasteiger partial charge in [0, 0.05) is 44.2 Å². The summed E-state index contributed by atoms with van der Waals surface area (Å²) in [5, 5.41) is 11.8. The minimum Gasteiger partial charge on any atom is -0.496 e.